The van der Waals surface area contributed by atoms with Crippen LogP contribution in [0, 0.1) is 5.92 Å². The van der Waals surface area contributed by atoms with Crippen molar-refractivity contribution in [3.63, 3.8) is 0 Å². The Kier molecular flexibility index (Phi) is 6.39. The molecule has 7 heteroatoms. The molecule has 144 valence electrons. The minimum atomic E-state index is -0.981. The van der Waals surface area contributed by atoms with Gasteiger partial charge in [0.05, 0.1) is 19.1 Å². The maximum atomic E-state index is 12.0. The van der Waals surface area contributed by atoms with Crippen molar-refractivity contribution in [3.05, 3.63) is 28.3 Å². The number of rotatable bonds is 6. The molecule has 0 bridgehead atoms. The first kappa shape index (κ1) is 20.4. The van der Waals surface area contributed by atoms with Gasteiger partial charge in [-0.05, 0) is 63.8 Å². The number of hydrogen-bond donors (Lipinski definition) is 1. The van der Waals surface area contributed by atoms with Gasteiger partial charge in [0, 0.05) is 10.6 Å². The van der Waals surface area contributed by atoms with E-state index < -0.39 is 11.6 Å². The van der Waals surface area contributed by atoms with Crippen molar-refractivity contribution in [3.8, 4) is 5.75 Å². The van der Waals surface area contributed by atoms with E-state index in [1.54, 1.807) is 13.0 Å². The molecular formula is C19H26ClNO5. The molecule has 0 saturated carbocycles. The summed E-state index contributed by atoms with van der Waals surface area (Å²) >= 11 is 6.35. The lowest BCUT2D eigenvalue weighted by molar-refractivity contribution is -0.147. The number of nitrogens with zero attached hydrogens (tertiary/aromatic N) is 1. The summed E-state index contributed by atoms with van der Waals surface area (Å²) in [6, 6.07) is 3.60. The fraction of sp³-hybridized carbons (Fsp3) is 0.579. The van der Waals surface area contributed by atoms with Gasteiger partial charge in [0.25, 0.3) is 0 Å². The lowest BCUT2D eigenvalue weighted by Crippen LogP contribution is -2.46. The summed E-state index contributed by atoms with van der Waals surface area (Å²) in [5, 5.41) is 9.87. The van der Waals surface area contributed by atoms with E-state index in [4.69, 9.17) is 21.1 Å². The summed E-state index contributed by atoms with van der Waals surface area (Å²) in [5.41, 5.74) is 1.44. The lowest BCUT2D eigenvalue weighted by atomic mass is 10.1. The number of carbonyl (C=O) groups excluding carboxylic acids is 1. The normalized spacial score (nSPS) is 16.1. The van der Waals surface area contributed by atoms with E-state index in [0.717, 1.165) is 11.1 Å². The average Bonchev–Trinajstić information content (AvgIpc) is 2.95. The third kappa shape index (κ3) is 4.81. The molecule has 0 radical (unpaired) electrons. The van der Waals surface area contributed by atoms with E-state index in [0.29, 0.717) is 30.2 Å². The smallest absolute Gasteiger partial charge is 0.407 e. The first-order chi connectivity index (χ1) is 12.1. The van der Waals surface area contributed by atoms with E-state index in [-0.39, 0.29) is 25.0 Å². The van der Waals surface area contributed by atoms with E-state index in [2.05, 4.69) is 0 Å². The second-order valence-corrected chi connectivity index (χ2v) is 7.76. The second-order valence-electron chi connectivity index (χ2n) is 7.35. The molecule has 0 heterocycles. The van der Waals surface area contributed by atoms with Crippen LogP contribution >= 0.6 is 11.6 Å². The summed E-state index contributed by atoms with van der Waals surface area (Å²) in [6.45, 7) is 8.13. The Hall–Kier alpha value is -1.95. The molecule has 1 aliphatic carbocycles. The summed E-state index contributed by atoms with van der Waals surface area (Å²) in [7, 11) is 0. The molecule has 1 atom stereocenters. The highest BCUT2D eigenvalue weighted by Gasteiger charge is 2.31. The number of fused-ring (bicyclic) bond motifs is 1. The minimum absolute atomic E-state index is 0.204. The number of carboxylic acid groups (broad SMARTS) is 1. The number of esters is 1. The van der Waals surface area contributed by atoms with Crippen molar-refractivity contribution in [1.29, 1.82) is 0 Å². The molecule has 0 aromatic heterocycles. The van der Waals surface area contributed by atoms with Gasteiger partial charge < -0.3 is 19.5 Å². The number of amides is 1. The van der Waals surface area contributed by atoms with Crippen LogP contribution in [0.4, 0.5) is 4.79 Å². The largest absolute Gasteiger partial charge is 0.492 e. The molecule has 0 spiro atoms. The highest BCUT2D eigenvalue weighted by Crippen LogP contribution is 2.36. The molecule has 1 aromatic rings. The summed E-state index contributed by atoms with van der Waals surface area (Å²) < 4.78 is 10.8. The van der Waals surface area contributed by atoms with Crippen molar-refractivity contribution >= 4 is 23.7 Å². The zero-order chi connectivity index (χ0) is 19.5. The fourth-order valence-corrected chi connectivity index (χ4v) is 3.45. The molecule has 1 aromatic carbocycles. The van der Waals surface area contributed by atoms with Gasteiger partial charge in [-0.2, -0.15) is 0 Å². The minimum Gasteiger partial charge on any atom is -0.492 e. The van der Waals surface area contributed by atoms with Crippen LogP contribution in [-0.4, -0.2) is 47.4 Å². The predicted octanol–water partition coefficient (Wildman–Crippen LogP) is 3.78. The van der Waals surface area contributed by atoms with Gasteiger partial charge in [-0.3, -0.25) is 4.79 Å². The number of carbonyl (C=O) groups is 2. The van der Waals surface area contributed by atoms with E-state index >= 15 is 0 Å². The van der Waals surface area contributed by atoms with Crippen LogP contribution in [0.1, 0.15) is 38.8 Å². The Morgan fingerprint density at radius 1 is 1.31 bits per heavy atom. The van der Waals surface area contributed by atoms with E-state index in [1.807, 2.05) is 26.8 Å². The zero-order valence-corrected chi connectivity index (χ0v) is 16.4. The first-order valence-corrected chi connectivity index (χ1v) is 9.12. The molecule has 0 saturated heterocycles. The van der Waals surface area contributed by atoms with Crippen LogP contribution in [0.15, 0.2) is 12.1 Å². The maximum absolute atomic E-state index is 12.0. The Morgan fingerprint density at radius 3 is 2.58 bits per heavy atom. The average molecular weight is 384 g/mol. The standard InChI is InChI=1S/C19H26ClNO5/c1-5-25-17(22)13-8-12-9-14(11-16(20)15(12)10-13)26-7-6-21(18(23)24)19(2,3)4/h9,11,13H,5-8,10H2,1-4H3,(H,23,24). The topological polar surface area (TPSA) is 76.1 Å². The van der Waals surface area contributed by atoms with Gasteiger partial charge in [0.1, 0.15) is 12.4 Å². The molecular weight excluding hydrogens is 358 g/mol. The van der Waals surface area contributed by atoms with Crippen LogP contribution in [0.5, 0.6) is 5.75 Å². The van der Waals surface area contributed by atoms with Gasteiger partial charge in [0.2, 0.25) is 0 Å². The fourth-order valence-electron chi connectivity index (χ4n) is 3.14. The van der Waals surface area contributed by atoms with Gasteiger partial charge in [-0.25, -0.2) is 4.79 Å². The molecule has 1 N–H and O–H groups in total. The molecule has 0 fully saturated rings. The van der Waals surface area contributed by atoms with Gasteiger partial charge >= 0.3 is 12.1 Å². The molecule has 26 heavy (non-hydrogen) atoms. The van der Waals surface area contributed by atoms with Crippen molar-refractivity contribution in [1.82, 2.24) is 4.90 Å². The number of benzene rings is 1. The van der Waals surface area contributed by atoms with Crippen LogP contribution in [-0.2, 0) is 22.4 Å². The molecule has 1 amide bonds. The zero-order valence-electron chi connectivity index (χ0n) is 15.7. The summed E-state index contributed by atoms with van der Waals surface area (Å²) in [6.07, 6.45) is 0.170. The molecule has 1 unspecified atom stereocenters. The third-order valence-electron chi connectivity index (χ3n) is 4.42. The van der Waals surface area contributed by atoms with Crippen LogP contribution in [0.25, 0.3) is 0 Å². The Labute approximate surface area is 159 Å². The quantitative estimate of drug-likeness (QED) is 0.756. The molecule has 6 nitrogen and oxygen atoms in total. The van der Waals surface area contributed by atoms with Gasteiger partial charge in [-0.15, -0.1) is 0 Å². The van der Waals surface area contributed by atoms with E-state index in [1.165, 1.54) is 4.90 Å². The summed E-state index contributed by atoms with van der Waals surface area (Å²) in [4.78, 5) is 24.6. The third-order valence-corrected chi connectivity index (χ3v) is 4.76. The highest BCUT2D eigenvalue weighted by molar-refractivity contribution is 6.31. The molecule has 0 aliphatic heterocycles. The SMILES string of the molecule is CCOC(=O)C1Cc2cc(OCCN(C(=O)O)C(C)(C)C)cc(Cl)c2C1. The van der Waals surface area contributed by atoms with Crippen LogP contribution in [0.3, 0.4) is 0 Å². The monoisotopic (exact) mass is 383 g/mol. The van der Waals surface area contributed by atoms with Crippen LogP contribution in [0.2, 0.25) is 5.02 Å². The number of halogens is 1. The highest BCUT2D eigenvalue weighted by atomic mass is 35.5. The predicted molar refractivity (Wildman–Crippen MR) is 99.0 cm³/mol. The number of hydrogen-bond acceptors (Lipinski definition) is 4. The van der Waals surface area contributed by atoms with Crippen molar-refractivity contribution in [2.24, 2.45) is 5.92 Å². The van der Waals surface area contributed by atoms with Crippen molar-refractivity contribution < 1.29 is 24.2 Å². The van der Waals surface area contributed by atoms with Crippen LogP contribution < -0.4 is 4.74 Å². The van der Waals surface area contributed by atoms with Gasteiger partial charge in [0.15, 0.2) is 0 Å². The Balaban J connectivity index is 2.01. The Morgan fingerprint density at radius 2 is 2.00 bits per heavy atom. The summed E-state index contributed by atoms with van der Waals surface area (Å²) in [5.74, 6) is 0.170. The first-order valence-electron chi connectivity index (χ1n) is 8.74. The lowest BCUT2D eigenvalue weighted by Gasteiger charge is -2.33. The maximum Gasteiger partial charge on any atom is 0.407 e. The molecule has 2 rings (SSSR count). The second kappa shape index (κ2) is 8.16. The van der Waals surface area contributed by atoms with Gasteiger partial charge in [-0.1, -0.05) is 11.6 Å². The Bertz CT molecular complexity index is 683. The van der Waals surface area contributed by atoms with E-state index in [9.17, 15) is 14.7 Å². The molecule has 1 aliphatic rings. The van der Waals surface area contributed by atoms with Crippen molar-refractivity contribution in [2.45, 2.75) is 46.1 Å². The number of ether oxygens (including phenoxy) is 2. The van der Waals surface area contributed by atoms with Crippen molar-refractivity contribution in [2.75, 3.05) is 19.8 Å².